The number of sulfonamides is 1. The van der Waals surface area contributed by atoms with Gasteiger partial charge in [0.05, 0.1) is 5.75 Å². The predicted molar refractivity (Wildman–Crippen MR) is 89.3 cm³/mol. The van der Waals surface area contributed by atoms with Crippen molar-refractivity contribution < 1.29 is 8.42 Å². The number of hydrogen-bond acceptors (Lipinski definition) is 4. The van der Waals surface area contributed by atoms with Gasteiger partial charge in [0.25, 0.3) is 0 Å². The number of likely N-dealkylation sites (tertiary alicyclic amines) is 1. The van der Waals surface area contributed by atoms with E-state index in [1.807, 2.05) is 0 Å². The normalized spacial score (nSPS) is 37.1. The Labute approximate surface area is 135 Å². The summed E-state index contributed by atoms with van der Waals surface area (Å²) >= 11 is 0. The molecule has 0 radical (unpaired) electrons. The SMILES string of the molecule is CCS(=O)(=O)NC1CCC2(CC1)CCN(C[C@@H]1CCNC1)C2. The van der Waals surface area contributed by atoms with Crippen molar-refractivity contribution >= 4 is 10.0 Å². The molecule has 0 aromatic rings. The summed E-state index contributed by atoms with van der Waals surface area (Å²) in [4.78, 5) is 2.66. The molecule has 2 heterocycles. The molecule has 0 unspecified atom stereocenters. The molecule has 2 N–H and O–H groups in total. The van der Waals surface area contributed by atoms with Crippen molar-refractivity contribution in [2.75, 3.05) is 38.5 Å². The molecule has 128 valence electrons. The fourth-order valence-electron chi connectivity index (χ4n) is 4.51. The zero-order valence-corrected chi connectivity index (χ0v) is 14.6. The second kappa shape index (κ2) is 6.75. The standard InChI is InChI=1S/C16H31N3O2S/c1-2-22(20,21)18-15-3-6-16(7-4-15)8-10-19(13-16)12-14-5-9-17-11-14/h14-15,17-18H,2-13H2,1H3/t14-,15?,16?/m1/s1. The molecule has 0 aromatic carbocycles. The first-order chi connectivity index (χ1) is 10.5. The molecular weight excluding hydrogens is 298 g/mol. The molecule has 0 aromatic heterocycles. The first-order valence-electron chi connectivity index (χ1n) is 8.93. The summed E-state index contributed by atoms with van der Waals surface area (Å²) in [5.74, 6) is 1.03. The lowest BCUT2D eigenvalue weighted by atomic mass is 9.72. The van der Waals surface area contributed by atoms with Crippen molar-refractivity contribution in [3.8, 4) is 0 Å². The van der Waals surface area contributed by atoms with E-state index in [0.29, 0.717) is 5.41 Å². The van der Waals surface area contributed by atoms with Crippen LogP contribution in [-0.2, 0) is 10.0 Å². The van der Waals surface area contributed by atoms with Gasteiger partial charge in [-0.3, -0.25) is 0 Å². The lowest BCUT2D eigenvalue weighted by Gasteiger charge is -2.37. The van der Waals surface area contributed by atoms with Crippen LogP contribution in [-0.4, -0.2) is 57.8 Å². The van der Waals surface area contributed by atoms with Gasteiger partial charge in [-0.15, -0.1) is 0 Å². The Hall–Kier alpha value is -0.170. The first-order valence-corrected chi connectivity index (χ1v) is 10.6. The first kappa shape index (κ1) is 16.7. The molecule has 0 amide bonds. The Balaban J connectivity index is 1.46. The molecule has 1 saturated carbocycles. The van der Waals surface area contributed by atoms with Gasteiger partial charge in [-0.25, -0.2) is 13.1 Å². The van der Waals surface area contributed by atoms with Crippen LogP contribution in [0.4, 0.5) is 0 Å². The van der Waals surface area contributed by atoms with Crippen molar-refractivity contribution in [2.24, 2.45) is 11.3 Å². The average Bonchev–Trinajstić information content (AvgIpc) is 3.13. The molecule has 3 aliphatic rings. The van der Waals surface area contributed by atoms with Crippen LogP contribution in [0.1, 0.15) is 45.4 Å². The van der Waals surface area contributed by atoms with E-state index in [9.17, 15) is 8.42 Å². The minimum absolute atomic E-state index is 0.170. The van der Waals surface area contributed by atoms with Gasteiger partial charge >= 0.3 is 0 Å². The monoisotopic (exact) mass is 329 g/mol. The number of nitrogens with one attached hydrogen (secondary N) is 2. The predicted octanol–water partition coefficient (Wildman–Crippen LogP) is 1.17. The third kappa shape index (κ3) is 4.02. The smallest absolute Gasteiger partial charge is 0.211 e. The molecule has 0 bridgehead atoms. The molecule has 3 fully saturated rings. The molecule has 2 saturated heterocycles. The zero-order valence-electron chi connectivity index (χ0n) is 13.8. The molecule has 5 nitrogen and oxygen atoms in total. The number of hydrogen-bond donors (Lipinski definition) is 2. The van der Waals surface area contributed by atoms with E-state index in [-0.39, 0.29) is 11.8 Å². The molecule has 1 atom stereocenters. The average molecular weight is 330 g/mol. The van der Waals surface area contributed by atoms with Gasteiger partial charge in [0.2, 0.25) is 10.0 Å². The Morgan fingerprint density at radius 3 is 2.64 bits per heavy atom. The molecular formula is C16H31N3O2S. The van der Waals surface area contributed by atoms with Crippen LogP contribution in [0.5, 0.6) is 0 Å². The van der Waals surface area contributed by atoms with Crippen LogP contribution < -0.4 is 10.0 Å². The fourth-order valence-corrected chi connectivity index (χ4v) is 5.42. The van der Waals surface area contributed by atoms with E-state index in [1.54, 1.807) is 6.92 Å². The van der Waals surface area contributed by atoms with Crippen LogP contribution in [0.2, 0.25) is 0 Å². The highest BCUT2D eigenvalue weighted by molar-refractivity contribution is 7.89. The van der Waals surface area contributed by atoms with Crippen molar-refractivity contribution in [3.05, 3.63) is 0 Å². The Bertz CT molecular complexity index is 466. The van der Waals surface area contributed by atoms with Gasteiger partial charge in [-0.05, 0) is 76.4 Å². The summed E-state index contributed by atoms with van der Waals surface area (Å²) in [6, 6.07) is 0.170. The van der Waals surface area contributed by atoms with Crippen molar-refractivity contribution in [3.63, 3.8) is 0 Å². The minimum Gasteiger partial charge on any atom is -0.316 e. The van der Waals surface area contributed by atoms with E-state index in [4.69, 9.17) is 0 Å². The fraction of sp³-hybridized carbons (Fsp3) is 1.00. The van der Waals surface area contributed by atoms with Gasteiger partial charge in [0, 0.05) is 19.1 Å². The summed E-state index contributed by atoms with van der Waals surface area (Å²) in [5.41, 5.74) is 0.472. The van der Waals surface area contributed by atoms with E-state index in [0.717, 1.165) is 18.8 Å². The topological polar surface area (TPSA) is 61.4 Å². The van der Waals surface area contributed by atoms with Crippen LogP contribution in [0, 0.1) is 11.3 Å². The molecule has 3 rings (SSSR count). The number of rotatable bonds is 5. The van der Waals surface area contributed by atoms with Crippen LogP contribution in [0.15, 0.2) is 0 Å². The Morgan fingerprint density at radius 1 is 1.23 bits per heavy atom. The summed E-state index contributed by atoms with van der Waals surface area (Å²) in [6.07, 6.45) is 7.02. The van der Waals surface area contributed by atoms with Crippen molar-refractivity contribution in [1.29, 1.82) is 0 Å². The summed E-state index contributed by atoms with van der Waals surface area (Å²) in [7, 11) is -3.05. The van der Waals surface area contributed by atoms with Gasteiger partial charge in [-0.1, -0.05) is 0 Å². The van der Waals surface area contributed by atoms with E-state index < -0.39 is 10.0 Å². The van der Waals surface area contributed by atoms with Crippen molar-refractivity contribution in [1.82, 2.24) is 14.9 Å². The summed E-state index contributed by atoms with van der Waals surface area (Å²) in [5, 5.41) is 3.46. The summed E-state index contributed by atoms with van der Waals surface area (Å²) < 4.78 is 26.3. The second-order valence-corrected chi connectivity index (χ2v) is 9.68. The van der Waals surface area contributed by atoms with Crippen LogP contribution in [0.25, 0.3) is 0 Å². The van der Waals surface area contributed by atoms with Gasteiger partial charge in [-0.2, -0.15) is 0 Å². The second-order valence-electron chi connectivity index (χ2n) is 7.64. The van der Waals surface area contributed by atoms with E-state index in [1.165, 1.54) is 58.4 Å². The maximum atomic E-state index is 11.7. The molecule has 2 aliphatic heterocycles. The Morgan fingerprint density at radius 2 is 2.00 bits per heavy atom. The van der Waals surface area contributed by atoms with Gasteiger partial charge < -0.3 is 10.2 Å². The molecule has 22 heavy (non-hydrogen) atoms. The quantitative estimate of drug-likeness (QED) is 0.795. The van der Waals surface area contributed by atoms with Crippen LogP contribution in [0.3, 0.4) is 0 Å². The molecule has 6 heteroatoms. The zero-order chi connectivity index (χ0) is 15.6. The largest absolute Gasteiger partial charge is 0.316 e. The Kier molecular flexibility index (Phi) is 5.12. The molecule has 1 spiro atoms. The lowest BCUT2D eigenvalue weighted by Crippen LogP contribution is -2.42. The lowest BCUT2D eigenvalue weighted by molar-refractivity contribution is 0.163. The van der Waals surface area contributed by atoms with Gasteiger partial charge in [0.1, 0.15) is 0 Å². The maximum absolute atomic E-state index is 11.7. The molecule has 1 aliphatic carbocycles. The van der Waals surface area contributed by atoms with E-state index in [2.05, 4.69) is 14.9 Å². The highest BCUT2D eigenvalue weighted by Gasteiger charge is 2.41. The van der Waals surface area contributed by atoms with E-state index >= 15 is 0 Å². The van der Waals surface area contributed by atoms with Crippen LogP contribution >= 0.6 is 0 Å². The summed E-state index contributed by atoms with van der Waals surface area (Å²) in [6.45, 7) is 7.80. The number of nitrogens with zero attached hydrogens (tertiary/aromatic N) is 1. The third-order valence-corrected chi connectivity index (χ3v) is 7.42. The van der Waals surface area contributed by atoms with Crippen molar-refractivity contribution in [2.45, 2.75) is 51.5 Å². The highest BCUT2D eigenvalue weighted by Crippen LogP contribution is 2.44. The minimum atomic E-state index is -3.05. The van der Waals surface area contributed by atoms with Gasteiger partial charge in [0.15, 0.2) is 0 Å². The highest BCUT2D eigenvalue weighted by atomic mass is 32.2. The maximum Gasteiger partial charge on any atom is 0.211 e. The third-order valence-electron chi connectivity index (χ3n) is 5.97.